The van der Waals surface area contributed by atoms with Gasteiger partial charge in [0.05, 0.1) is 12.8 Å². The van der Waals surface area contributed by atoms with Gasteiger partial charge in [-0.05, 0) is 38.5 Å². The number of carbonyl (C=O) groups excluding carboxylic acids is 4. The maximum Gasteiger partial charge on any atom is 0.230 e. The predicted molar refractivity (Wildman–Crippen MR) is 151 cm³/mol. The largest absolute Gasteiger partial charge is 0.342 e. The smallest absolute Gasteiger partial charge is 0.230 e. The molecule has 0 radical (unpaired) electrons. The van der Waals surface area contributed by atoms with Crippen molar-refractivity contribution in [3.8, 4) is 0 Å². The molecule has 0 aromatic heterocycles. The summed E-state index contributed by atoms with van der Waals surface area (Å²) in [6.45, 7) is 15.8. The molecule has 0 aliphatic heterocycles. The average molecular weight is 576 g/mol. The van der Waals surface area contributed by atoms with E-state index >= 15 is 0 Å². The first-order valence-electron chi connectivity index (χ1n) is 14.9. The molecule has 0 saturated carbocycles. The van der Waals surface area contributed by atoms with Crippen molar-refractivity contribution < 1.29 is 38.7 Å². The van der Waals surface area contributed by atoms with E-state index in [1.54, 1.807) is 0 Å². The zero-order valence-electron chi connectivity index (χ0n) is 25.4. The number of rotatable bonds is 22. The van der Waals surface area contributed by atoms with Gasteiger partial charge < -0.3 is 9.80 Å². The van der Waals surface area contributed by atoms with E-state index in [-0.39, 0.29) is 55.7 Å². The zero-order valence-corrected chi connectivity index (χ0v) is 28.3. The van der Waals surface area contributed by atoms with Gasteiger partial charge >= 0.3 is 0 Å². The average Bonchev–Trinajstić information content (AvgIpc) is 2.86. The second kappa shape index (κ2) is 29.5. The standard InChI is InChI=1S/2C15H29NO2.Zn/c2*1-4-7-10-14(17)13-15(18)16(11-8-5-2)12-9-6-3;/h2*4-13H2,1-3H3;. The number of hydrogen-bond donors (Lipinski definition) is 0. The minimum Gasteiger partial charge on any atom is -0.342 e. The van der Waals surface area contributed by atoms with Crippen LogP contribution in [0.5, 0.6) is 0 Å². The van der Waals surface area contributed by atoms with Crippen LogP contribution >= 0.6 is 0 Å². The summed E-state index contributed by atoms with van der Waals surface area (Å²) in [5.74, 6) is 0.246. The van der Waals surface area contributed by atoms with Gasteiger partial charge in [-0.1, -0.05) is 80.1 Å². The molecule has 0 saturated heterocycles. The third-order valence-electron chi connectivity index (χ3n) is 6.15. The van der Waals surface area contributed by atoms with Gasteiger partial charge in [0.2, 0.25) is 11.8 Å². The minimum atomic E-state index is 0. The first-order chi connectivity index (χ1) is 17.3. The molecule has 214 valence electrons. The van der Waals surface area contributed by atoms with E-state index in [1.165, 1.54) is 0 Å². The Kier molecular flexibility index (Phi) is 32.2. The van der Waals surface area contributed by atoms with Gasteiger partial charge in [-0.2, -0.15) is 0 Å². The second-order valence-electron chi connectivity index (χ2n) is 9.81. The van der Waals surface area contributed by atoms with Crippen molar-refractivity contribution in [1.82, 2.24) is 9.80 Å². The van der Waals surface area contributed by atoms with Crippen molar-refractivity contribution in [3.63, 3.8) is 0 Å². The van der Waals surface area contributed by atoms with Crippen LogP contribution in [-0.2, 0) is 38.7 Å². The topological polar surface area (TPSA) is 74.8 Å². The number of unbranched alkanes of at least 4 members (excludes halogenated alkanes) is 6. The molecule has 7 heteroatoms. The Labute approximate surface area is 241 Å². The van der Waals surface area contributed by atoms with Crippen LogP contribution in [-0.4, -0.2) is 59.4 Å². The van der Waals surface area contributed by atoms with Gasteiger partial charge in [0, 0.05) is 58.5 Å². The number of ketones is 2. The number of nitrogens with zero attached hydrogens (tertiary/aromatic N) is 2. The van der Waals surface area contributed by atoms with Gasteiger partial charge in [0.1, 0.15) is 11.6 Å². The van der Waals surface area contributed by atoms with Crippen molar-refractivity contribution in [2.75, 3.05) is 26.2 Å². The van der Waals surface area contributed by atoms with Crippen molar-refractivity contribution in [2.24, 2.45) is 0 Å². The molecule has 0 atom stereocenters. The Morgan fingerprint density at radius 3 is 0.892 bits per heavy atom. The van der Waals surface area contributed by atoms with Crippen LogP contribution in [0.15, 0.2) is 0 Å². The maximum absolute atomic E-state index is 12.0. The van der Waals surface area contributed by atoms with Crippen molar-refractivity contribution in [3.05, 3.63) is 0 Å². The third-order valence-corrected chi connectivity index (χ3v) is 6.15. The summed E-state index contributed by atoms with van der Waals surface area (Å²) in [4.78, 5) is 51.0. The van der Waals surface area contributed by atoms with Crippen LogP contribution in [0, 0.1) is 0 Å². The Morgan fingerprint density at radius 1 is 0.432 bits per heavy atom. The molecule has 0 bridgehead atoms. The molecule has 0 fully saturated rings. The molecule has 0 unspecified atom stereocenters. The van der Waals surface area contributed by atoms with Crippen LogP contribution in [0.2, 0.25) is 0 Å². The molecule has 0 aliphatic carbocycles. The fourth-order valence-corrected chi connectivity index (χ4v) is 3.60. The number of amides is 2. The van der Waals surface area contributed by atoms with Gasteiger partial charge in [0.15, 0.2) is 0 Å². The van der Waals surface area contributed by atoms with E-state index in [1.807, 2.05) is 9.80 Å². The van der Waals surface area contributed by atoms with Gasteiger partial charge in [-0.25, -0.2) is 0 Å². The maximum atomic E-state index is 12.0. The van der Waals surface area contributed by atoms with E-state index < -0.39 is 0 Å². The summed E-state index contributed by atoms with van der Waals surface area (Å²) in [5, 5.41) is 0. The van der Waals surface area contributed by atoms with Crippen molar-refractivity contribution >= 4 is 23.4 Å². The van der Waals surface area contributed by atoms with Crippen molar-refractivity contribution in [1.29, 1.82) is 0 Å². The fourth-order valence-electron chi connectivity index (χ4n) is 3.60. The van der Waals surface area contributed by atoms with Gasteiger partial charge in [-0.3, -0.25) is 19.2 Å². The van der Waals surface area contributed by atoms with E-state index in [4.69, 9.17) is 0 Å². The second-order valence-corrected chi connectivity index (χ2v) is 9.81. The summed E-state index contributed by atoms with van der Waals surface area (Å²) in [6.07, 6.45) is 13.6. The Bertz CT molecular complexity index is 518. The molecule has 0 aromatic carbocycles. The number of hydrogen-bond acceptors (Lipinski definition) is 4. The van der Waals surface area contributed by atoms with E-state index in [0.717, 1.165) is 103 Å². The van der Waals surface area contributed by atoms with Crippen LogP contribution < -0.4 is 0 Å². The van der Waals surface area contributed by atoms with E-state index in [9.17, 15) is 19.2 Å². The molecule has 0 heterocycles. The predicted octanol–water partition coefficient (Wildman–Crippen LogP) is 7.13. The molecular formula is C30H58N2O4Zn. The molecular weight excluding hydrogens is 518 g/mol. The Hall–Kier alpha value is -1.10. The summed E-state index contributed by atoms with van der Waals surface area (Å²) in [5.41, 5.74) is 0. The first kappa shape index (κ1) is 40.4. The monoisotopic (exact) mass is 574 g/mol. The molecule has 6 nitrogen and oxygen atoms in total. The molecule has 0 rings (SSSR count). The zero-order chi connectivity index (χ0) is 27.6. The third kappa shape index (κ3) is 25.0. The summed E-state index contributed by atoms with van der Waals surface area (Å²) < 4.78 is 0. The molecule has 37 heavy (non-hydrogen) atoms. The summed E-state index contributed by atoms with van der Waals surface area (Å²) >= 11 is 0. The first-order valence-corrected chi connectivity index (χ1v) is 14.9. The molecule has 0 N–H and O–H groups in total. The van der Waals surface area contributed by atoms with E-state index in [0.29, 0.717) is 12.8 Å². The molecule has 0 spiro atoms. The molecule has 2 amide bonds. The van der Waals surface area contributed by atoms with Crippen LogP contribution in [0.3, 0.4) is 0 Å². The minimum absolute atomic E-state index is 0. The normalized spacial score (nSPS) is 10.1. The van der Waals surface area contributed by atoms with Crippen LogP contribution in [0.25, 0.3) is 0 Å². The summed E-state index contributed by atoms with van der Waals surface area (Å²) in [7, 11) is 0. The number of Topliss-reactive ketones (excluding diaryl/α,β-unsaturated/α-hetero) is 2. The van der Waals surface area contributed by atoms with Gasteiger partial charge in [-0.15, -0.1) is 0 Å². The fraction of sp³-hybridized carbons (Fsp3) is 0.867. The Morgan fingerprint density at radius 2 is 0.676 bits per heavy atom. The van der Waals surface area contributed by atoms with E-state index in [2.05, 4.69) is 41.5 Å². The molecule has 0 aliphatic rings. The molecule has 0 aromatic rings. The SMILES string of the molecule is CCCCC(=O)CC(=O)N(CCCC)CCCC.CCCCC(=O)CC(=O)N(CCCC)CCCC.[Zn]. The Balaban J connectivity index is -0.000000608. The number of carbonyl (C=O) groups is 4. The van der Waals surface area contributed by atoms with Gasteiger partial charge in [0.25, 0.3) is 0 Å². The summed E-state index contributed by atoms with van der Waals surface area (Å²) in [6, 6.07) is 0. The van der Waals surface area contributed by atoms with Crippen molar-refractivity contribution in [2.45, 2.75) is 144 Å². The quantitative estimate of drug-likeness (QED) is 0.102. The van der Waals surface area contributed by atoms with Crippen LogP contribution in [0.1, 0.15) is 144 Å². The van der Waals surface area contributed by atoms with Crippen LogP contribution in [0.4, 0.5) is 0 Å².